The minimum absolute atomic E-state index is 0.139. The monoisotopic (exact) mass is 140 g/mol. The van der Waals surface area contributed by atoms with Crippen LogP contribution in [-0.4, -0.2) is 19.4 Å². The third-order valence-electron chi connectivity index (χ3n) is 2.27. The average molecular weight is 140 g/mol. The Labute approximate surface area is 62.0 Å². The number of rotatable bonds is 2. The first-order valence-electron chi connectivity index (χ1n) is 3.84. The van der Waals surface area contributed by atoms with Gasteiger partial charge in [0.1, 0.15) is 0 Å². The lowest BCUT2D eigenvalue weighted by atomic mass is 9.87. The predicted octanol–water partition coefficient (Wildman–Crippen LogP) is 0.588. The fraction of sp³-hybridized carbons (Fsp3) is 0.875. The fourth-order valence-electron chi connectivity index (χ4n) is 1.53. The van der Waals surface area contributed by atoms with Gasteiger partial charge in [0, 0.05) is 12.5 Å². The molecular weight excluding hydrogens is 126 g/mol. The molecule has 2 heteroatoms. The van der Waals surface area contributed by atoms with Crippen molar-refractivity contribution in [1.29, 1.82) is 0 Å². The van der Waals surface area contributed by atoms with E-state index in [1.165, 1.54) is 0 Å². The second kappa shape index (κ2) is 3.15. The molecule has 0 amide bonds. The highest BCUT2D eigenvalue weighted by molar-refractivity contribution is 5.56. The molecule has 2 atom stereocenters. The van der Waals surface area contributed by atoms with E-state index in [-0.39, 0.29) is 5.92 Å². The van der Waals surface area contributed by atoms with Crippen molar-refractivity contribution in [1.82, 2.24) is 5.32 Å². The zero-order valence-corrected chi connectivity index (χ0v) is 6.55. The standard InChI is InChI=1S/C8H14NO/c1-6(2)8-4-9-3-7(8)5-10/h6-9H,3-4H2,1-2H3. The summed E-state index contributed by atoms with van der Waals surface area (Å²) in [6.45, 7) is 6.12. The van der Waals surface area contributed by atoms with E-state index in [1.807, 2.05) is 0 Å². The highest BCUT2D eigenvalue weighted by Gasteiger charge is 2.29. The van der Waals surface area contributed by atoms with Crippen molar-refractivity contribution in [2.75, 3.05) is 13.1 Å². The maximum atomic E-state index is 10.4. The Morgan fingerprint density at radius 3 is 2.60 bits per heavy atom. The normalized spacial score (nSPS) is 33.1. The summed E-state index contributed by atoms with van der Waals surface area (Å²) < 4.78 is 0. The molecule has 2 nitrogen and oxygen atoms in total. The number of hydrogen-bond acceptors (Lipinski definition) is 2. The first-order valence-corrected chi connectivity index (χ1v) is 3.84. The Balaban J connectivity index is 2.49. The third-order valence-corrected chi connectivity index (χ3v) is 2.27. The zero-order chi connectivity index (χ0) is 7.56. The largest absolute Gasteiger partial charge is 0.316 e. The second-order valence-electron chi connectivity index (χ2n) is 3.29. The lowest BCUT2D eigenvalue weighted by Crippen LogP contribution is -2.19. The fourth-order valence-corrected chi connectivity index (χ4v) is 1.53. The second-order valence-corrected chi connectivity index (χ2v) is 3.29. The van der Waals surface area contributed by atoms with Gasteiger partial charge in [0.15, 0.2) is 0 Å². The van der Waals surface area contributed by atoms with Gasteiger partial charge in [0.05, 0.1) is 0 Å². The molecule has 0 aromatic rings. The van der Waals surface area contributed by atoms with Crippen LogP contribution in [0.2, 0.25) is 0 Å². The topological polar surface area (TPSA) is 29.1 Å². The number of carbonyl (C=O) groups excluding carboxylic acids is 1. The van der Waals surface area contributed by atoms with E-state index in [9.17, 15) is 4.79 Å². The van der Waals surface area contributed by atoms with Gasteiger partial charge in [-0.15, -0.1) is 0 Å². The van der Waals surface area contributed by atoms with Gasteiger partial charge in [-0.3, -0.25) is 4.79 Å². The predicted molar refractivity (Wildman–Crippen MR) is 40.4 cm³/mol. The molecule has 1 fully saturated rings. The van der Waals surface area contributed by atoms with Crippen LogP contribution >= 0.6 is 0 Å². The molecule has 1 rings (SSSR count). The van der Waals surface area contributed by atoms with Gasteiger partial charge < -0.3 is 5.32 Å². The molecule has 1 heterocycles. The SMILES string of the molecule is CC(C)C1CNCC1[C]=O. The van der Waals surface area contributed by atoms with Gasteiger partial charge in [-0.2, -0.15) is 0 Å². The molecule has 1 aliphatic rings. The van der Waals surface area contributed by atoms with E-state index in [2.05, 4.69) is 25.5 Å². The molecular formula is C8H14NO. The van der Waals surface area contributed by atoms with E-state index in [1.54, 1.807) is 0 Å². The molecule has 0 saturated carbocycles. The maximum Gasteiger partial charge on any atom is 0.203 e. The molecule has 1 N–H and O–H groups in total. The van der Waals surface area contributed by atoms with Crippen molar-refractivity contribution in [3.05, 3.63) is 0 Å². The Morgan fingerprint density at radius 1 is 1.50 bits per heavy atom. The minimum Gasteiger partial charge on any atom is -0.316 e. The molecule has 0 aromatic heterocycles. The van der Waals surface area contributed by atoms with Crippen LogP contribution in [-0.2, 0) is 4.79 Å². The molecule has 0 bridgehead atoms. The Hall–Kier alpha value is -0.370. The Bertz CT molecular complexity index is 122. The highest BCUT2D eigenvalue weighted by atomic mass is 16.1. The van der Waals surface area contributed by atoms with Crippen molar-refractivity contribution in [2.24, 2.45) is 17.8 Å². The van der Waals surface area contributed by atoms with Crippen LogP contribution < -0.4 is 5.32 Å². The van der Waals surface area contributed by atoms with Crippen LogP contribution in [0.4, 0.5) is 0 Å². The molecule has 1 radical (unpaired) electrons. The van der Waals surface area contributed by atoms with Gasteiger partial charge in [-0.25, -0.2) is 0 Å². The molecule has 2 unspecified atom stereocenters. The van der Waals surface area contributed by atoms with Gasteiger partial charge in [0.2, 0.25) is 6.29 Å². The first-order chi connectivity index (χ1) is 4.75. The quantitative estimate of drug-likeness (QED) is 0.608. The molecule has 0 spiro atoms. The van der Waals surface area contributed by atoms with Crippen LogP contribution in [0.3, 0.4) is 0 Å². The zero-order valence-electron chi connectivity index (χ0n) is 6.55. The van der Waals surface area contributed by atoms with Crippen molar-refractivity contribution < 1.29 is 4.79 Å². The summed E-state index contributed by atoms with van der Waals surface area (Å²) in [5.41, 5.74) is 0. The Morgan fingerprint density at radius 2 is 2.20 bits per heavy atom. The van der Waals surface area contributed by atoms with E-state index >= 15 is 0 Å². The molecule has 1 aliphatic heterocycles. The van der Waals surface area contributed by atoms with Crippen molar-refractivity contribution in [3.8, 4) is 0 Å². The van der Waals surface area contributed by atoms with E-state index in [4.69, 9.17) is 0 Å². The Kier molecular flexibility index (Phi) is 2.44. The van der Waals surface area contributed by atoms with Gasteiger partial charge in [-0.1, -0.05) is 13.8 Å². The summed E-state index contributed by atoms with van der Waals surface area (Å²) in [4.78, 5) is 10.4. The van der Waals surface area contributed by atoms with Crippen LogP contribution in [0.1, 0.15) is 13.8 Å². The summed E-state index contributed by atoms with van der Waals surface area (Å²) in [6.07, 6.45) is 2.08. The molecule has 0 aliphatic carbocycles. The van der Waals surface area contributed by atoms with Gasteiger partial charge >= 0.3 is 0 Å². The summed E-state index contributed by atoms with van der Waals surface area (Å²) >= 11 is 0. The number of nitrogens with one attached hydrogen (secondary N) is 1. The molecule has 57 valence electrons. The smallest absolute Gasteiger partial charge is 0.203 e. The van der Waals surface area contributed by atoms with Crippen LogP contribution in [0, 0.1) is 17.8 Å². The van der Waals surface area contributed by atoms with E-state index < -0.39 is 0 Å². The van der Waals surface area contributed by atoms with Gasteiger partial charge in [0.25, 0.3) is 0 Å². The van der Waals surface area contributed by atoms with Crippen LogP contribution in [0.5, 0.6) is 0 Å². The van der Waals surface area contributed by atoms with Crippen molar-refractivity contribution >= 4 is 6.29 Å². The minimum atomic E-state index is 0.139. The maximum absolute atomic E-state index is 10.4. The lowest BCUT2D eigenvalue weighted by Gasteiger charge is -2.15. The molecule has 10 heavy (non-hydrogen) atoms. The lowest BCUT2D eigenvalue weighted by molar-refractivity contribution is 0.366. The van der Waals surface area contributed by atoms with Crippen molar-refractivity contribution in [3.63, 3.8) is 0 Å². The summed E-state index contributed by atoms with van der Waals surface area (Å²) in [5, 5.41) is 3.19. The highest BCUT2D eigenvalue weighted by Crippen LogP contribution is 2.22. The van der Waals surface area contributed by atoms with E-state index in [0.717, 1.165) is 13.1 Å². The van der Waals surface area contributed by atoms with E-state index in [0.29, 0.717) is 11.8 Å². The molecule has 0 aromatic carbocycles. The average Bonchev–Trinajstić information content (AvgIpc) is 2.33. The van der Waals surface area contributed by atoms with Crippen molar-refractivity contribution in [2.45, 2.75) is 13.8 Å². The molecule has 1 saturated heterocycles. The van der Waals surface area contributed by atoms with Crippen LogP contribution in [0.25, 0.3) is 0 Å². The van der Waals surface area contributed by atoms with Crippen LogP contribution in [0.15, 0.2) is 0 Å². The van der Waals surface area contributed by atoms with Gasteiger partial charge in [-0.05, 0) is 18.4 Å². The summed E-state index contributed by atoms with van der Waals surface area (Å²) in [5.74, 6) is 1.25. The number of hydrogen-bond donors (Lipinski definition) is 1. The third kappa shape index (κ3) is 1.37. The first kappa shape index (κ1) is 7.73. The summed E-state index contributed by atoms with van der Waals surface area (Å²) in [7, 11) is 0. The summed E-state index contributed by atoms with van der Waals surface area (Å²) in [6, 6.07) is 0.